The number of benzene rings is 1. The monoisotopic (exact) mass is 334 g/mol. The second-order valence-corrected chi connectivity index (χ2v) is 6.30. The van der Waals surface area contributed by atoms with Crippen molar-refractivity contribution in [2.24, 2.45) is 7.05 Å². The Kier molecular flexibility index (Phi) is 4.91. The van der Waals surface area contributed by atoms with E-state index in [1.54, 1.807) is 9.25 Å². The number of ether oxygens (including phenoxy) is 1. The maximum atomic E-state index is 9.32. The van der Waals surface area contributed by atoms with Gasteiger partial charge in [0.2, 0.25) is 0 Å². The Balaban J connectivity index is 1.76. The van der Waals surface area contributed by atoms with E-state index in [0.29, 0.717) is 17.3 Å². The number of aromatic nitrogens is 3. The fourth-order valence-electron chi connectivity index (χ4n) is 2.96. The third kappa shape index (κ3) is 3.53. The highest BCUT2D eigenvalue weighted by Crippen LogP contribution is 2.25. The van der Waals surface area contributed by atoms with Gasteiger partial charge in [-0.2, -0.15) is 5.10 Å². The number of morpholine rings is 1. The lowest BCUT2D eigenvalue weighted by Crippen LogP contribution is -2.43. The van der Waals surface area contributed by atoms with E-state index in [2.05, 4.69) is 29.1 Å². The highest BCUT2D eigenvalue weighted by atomic mass is 32.1. The molecule has 0 aliphatic carbocycles. The summed E-state index contributed by atoms with van der Waals surface area (Å²) >= 11 is 5.40. The number of aliphatic hydroxyl groups excluding tert-OH is 1. The van der Waals surface area contributed by atoms with E-state index in [-0.39, 0.29) is 18.8 Å². The Morgan fingerprint density at radius 3 is 2.70 bits per heavy atom. The predicted molar refractivity (Wildman–Crippen MR) is 89.3 cm³/mol. The largest absolute Gasteiger partial charge is 0.388 e. The highest BCUT2D eigenvalue weighted by Gasteiger charge is 2.27. The van der Waals surface area contributed by atoms with Gasteiger partial charge in [0.25, 0.3) is 0 Å². The lowest BCUT2D eigenvalue weighted by atomic mass is 10.1. The molecular formula is C16H22N4O2S. The van der Waals surface area contributed by atoms with E-state index < -0.39 is 0 Å². The first-order valence-corrected chi connectivity index (χ1v) is 8.15. The van der Waals surface area contributed by atoms with E-state index in [4.69, 9.17) is 17.0 Å². The number of nitrogens with zero attached hydrogens (tertiary/aromatic N) is 4. The second-order valence-electron chi connectivity index (χ2n) is 5.94. The summed E-state index contributed by atoms with van der Waals surface area (Å²) in [5, 5.41) is 13.7. The average Bonchev–Trinajstić information content (AvgIpc) is 2.83. The van der Waals surface area contributed by atoms with Crippen molar-refractivity contribution in [3.05, 3.63) is 46.5 Å². The molecular weight excluding hydrogens is 312 g/mol. The average molecular weight is 334 g/mol. The molecule has 1 saturated heterocycles. The second kappa shape index (κ2) is 6.92. The standard InChI is InChI=1S/C16H22N4O2S/c1-12-8-19(9-14(22-12)13-6-4-3-5-7-13)11-20-16(23)18(2)15(10-21)17-20/h3-7,12,14,21H,8-11H2,1-2H3. The maximum Gasteiger partial charge on any atom is 0.198 e. The summed E-state index contributed by atoms with van der Waals surface area (Å²) in [6.07, 6.45) is 0.194. The zero-order chi connectivity index (χ0) is 16.4. The SMILES string of the molecule is CC1CN(Cn2nc(CO)n(C)c2=S)CC(c2ccccc2)O1. The third-order valence-corrected chi connectivity index (χ3v) is 4.60. The van der Waals surface area contributed by atoms with Crippen molar-refractivity contribution in [1.29, 1.82) is 0 Å². The summed E-state index contributed by atoms with van der Waals surface area (Å²) in [7, 11) is 1.83. The summed E-state index contributed by atoms with van der Waals surface area (Å²) < 4.78 is 10.2. The molecule has 1 aliphatic heterocycles. The van der Waals surface area contributed by atoms with Crippen LogP contribution in [0.2, 0.25) is 0 Å². The fourth-order valence-corrected chi connectivity index (χ4v) is 3.16. The smallest absolute Gasteiger partial charge is 0.198 e. The summed E-state index contributed by atoms with van der Waals surface area (Å²) in [4.78, 5) is 2.29. The summed E-state index contributed by atoms with van der Waals surface area (Å²) in [6.45, 7) is 4.19. The van der Waals surface area contributed by atoms with E-state index in [1.165, 1.54) is 5.56 Å². The molecule has 6 nitrogen and oxygen atoms in total. The summed E-state index contributed by atoms with van der Waals surface area (Å²) in [6, 6.07) is 10.3. The van der Waals surface area contributed by atoms with Crippen molar-refractivity contribution in [2.75, 3.05) is 13.1 Å². The first kappa shape index (κ1) is 16.3. The molecule has 0 spiro atoms. The fraction of sp³-hybridized carbons (Fsp3) is 0.500. The molecule has 2 unspecified atom stereocenters. The molecule has 1 fully saturated rings. The minimum Gasteiger partial charge on any atom is -0.388 e. The molecule has 1 N–H and O–H groups in total. The van der Waals surface area contributed by atoms with E-state index in [1.807, 2.05) is 25.2 Å². The molecule has 7 heteroatoms. The van der Waals surface area contributed by atoms with Gasteiger partial charge in [0.05, 0.1) is 18.9 Å². The molecule has 0 bridgehead atoms. The van der Waals surface area contributed by atoms with Crippen molar-refractivity contribution >= 4 is 12.2 Å². The molecule has 1 aromatic carbocycles. The Labute approximate surface area is 140 Å². The van der Waals surface area contributed by atoms with Crippen molar-refractivity contribution in [3.63, 3.8) is 0 Å². The minimum atomic E-state index is -0.112. The van der Waals surface area contributed by atoms with Crippen LogP contribution in [0.3, 0.4) is 0 Å². The van der Waals surface area contributed by atoms with E-state index in [0.717, 1.165) is 13.1 Å². The van der Waals surface area contributed by atoms with Gasteiger partial charge in [-0.05, 0) is 24.7 Å². The van der Waals surface area contributed by atoms with Gasteiger partial charge in [-0.1, -0.05) is 30.3 Å². The molecule has 23 heavy (non-hydrogen) atoms. The molecule has 124 valence electrons. The normalized spacial score (nSPS) is 22.4. The van der Waals surface area contributed by atoms with Gasteiger partial charge in [0, 0.05) is 20.1 Å². The zero-order valence-corrected chi connectivity index (χ0v) is 14.2. The van der Waals surface area contributed by atoms with Crippen molar-refractivity contribution < 1.29 is 9.84 Å². The number of rotatable bonds is 4. The van der Waals surface area contributed by atoms with Crippen LogP contribution in [0.1, 0.15) is 24.4 Å². The van der Waals surface area contributed by atoms with Gasteiger partial charge in [-0.15, -0.1) is 0 Å². The lowest BCUT2D eigenvalue weighted by Gasteiger charge is -2.36. The van der Waals surface area contributed by atoms with Gasteiger partial charge in [0.1, 0.15) is 6.61 Å². The Hall–Kier alpha value is -1.54. The predicted octanol–water partition coefficient (Wildman–Crippen LogP) is 1.86. The van der Waals surface area contributed by atoms with Crippen LogP contribution < -0.4 is 0 Å². The Morgan fingerprint density at radius 2 is 2.04 bits per heavy atom. The summed E-state index contributed by atoms with van der Waals surface area (Å²) in [5.41, 5.74) is 1.18. The van der Waals surface area contributed by atoms with Crippen molar-refractivity contribution in [2.45, 2.75) is 32.4 Å². The molecule has 1 aromatic heterocycles. The number of hydrogen-bond acceptors (Lipinski definition) is 5. The van der Waals surface area contributed by atoms with Crippen molar-refractivity contribution in [3.8, 4) is 0 Å². The van der Waals surface area contributed by atoms with Crippen LogP contribution in [0.25, 0.3) is 0 Å². The molecule has 0 radical (unpaired) electrons. The Bertz CT molecular complexity index is 713. The first-order valence-electron chi connectivity index (χ1n) is 7.75. The third-order valence-electron chi connectivity index (χ3n) is 4.11. The van der Waals surface area contributed by atoms with Gasteiger partial charge in [-0.3, -0.25) is 4.90 Å². The molecule has 0 saturated carbocycles. The van der Waals surface area contributed by atoms with Crippen LogP contribution in [0.5, 0.6) is 0 Å². The molecule has 2 aromatic rings. The van der Waals surface area contributed by atoms with Crippen LogP contribution in [-0.4, -0.2) is 43.5 Å². The maximum absolute atomic E-state index is 9.32. The molecule has 2 atom stereocenters. The van der Waals surface area contributed by atoms with Gasteiger partial charge in [0.15, 0.2) is 10.6 Å². The van der Waals surface area contributed by atoms with Crippen LogP contribution in [0, 0.1) is 4.77 Å². The lowest BCUT2D eigenvalue weighted by molar-refractivity contribution is -0.0883. The topological polar surface area (TPSA) is 55.5 Å². The van der Waals surface area contributed by atoms with Gasteiger partial charge in [-0.25, -0.2) is 4.68 Å². The molecule has 1 aliphatic rings. The first-order chi connectivity index (χ1) is 11.1. The zero-order valence-electron chi connectivity index (χ0n) is 13.4. The van der Waals surface area contributed by atoms with Gasteiger partial charge >= 0.3 is 0 Å². The van der Waals surface area contributed by atoms with Crippen LogP contribution >= 0.6 is 12.2 Å². The van der Waals surface area contributed by atoms with E-state index >= 15 is 0 Å². The Morgan fingerprint density at radius 1 is 1.30 bits per heavy atom. The van der Waals surface area contributed by atoms with Crippen LogP contribution in [0.4, 0.5) is 0 Å². The molecule has 0 amide bonds. The number of hydrogen-bond donors (Lipinski definition) is 1. The molecule has 2 heterocycles. The van der Waals surface area contributed by atoms with Crippen LogP contribution in [0.15, 0.2) is 30.3 Å². The highest BCUT2D eigenvalue weighted by molar-refractivity contribution is 7.71. The van der Waals surface area contributed by atoms with E-state index in [9.17, 15) is 5.11 Å². The van der Waals surface area contributed by atoms with Crippen molar-refractivity contribution in [1.82, 2.24) is 19.2 Å². The number of aliphatic hydroxyl groups is 1. The quantitative estimate of drug-likeness (QED) is 0.865. The minimum absolute atomic E-state index is 0.0511. The van der Waals surface area contributed by atoms with Crippen LogP contribution in [-0.2, 0) is 25.1 Å². The van der Waals surface area contributed by atoms with Gasteiger partial charge < -0.3 is 14.4 Å². The molecule has 3 rings (SSSR count). The summed E-state index contributed by atoms with van der Waals surface area (Å²) in [5.74, 6) is 0.580.